The highest BCUT2D eigenvalue weighted by Gasteiger charge is 2.45. The van der Waals surface area contributed by atoms with E-state index in [1.807, 2.05) is 19.1 Å². The second-order valence-corrected chi connectivity index (χ2v) is 10.1. The van der Waals surface area contributed by atoms with Crippen molar-refractivity contribution in [3.05, 3.63) is 73.9 Å². The van der Waals surface area contributed by atoms with Gasteiger partial charge in [-0.2, -0.15) is 0 Å². The highest BCUT2D eigenvalue weighted by molar-refractivity contribution is 6.42. The predicted molar refractivity (Wildman–Crippen MR) is 123 cm³/mol. The quantitative estimate of drug-likeness (QED) is 0.476. The van der Waals surface area contributed by atoms with Crippen LogP contribution in [0.5, 0.6) is 0 Å². The van der Waals surface area contributed by atoms with E-state index in [1.54, 1.807) is 29.2 Å². The third kappa shape index (κ3) is 3.68. The van der Waals surface area contributed by atoms with E-state index >= 15 is 0 Å². The lowest BCUT2D eigenvalue weighted by atomic mass is 9.69. The van der Waals surface area contributed by atoms with Crippen molar-refractivity contribution in [2.45, 2.75) is 46.0 Å². The average Bonchev–Trinajstić information content (AvgIpc) is 2.64. The monoisotopic (exact) mass is 461 g/mol. The number of aryl methyl sites for hydroxylation is 1. The highest BCUT2D eigenvalue weighted by Crippen LogP contribution is 2.50. The van der Waals surface area contributed by atoms with Crippen LogP contribution in [-0.2, 0) is 9.59 Å². The standard InChI is InChI=1S/C24H22Cl3NO2/c1-13-7-8-14(25)9-18(13)28-19-11-24(2,3)12-20(29)22(19)16(10-21(28)30)15-5-4-6-17(26)23(15)27/h4-9,16H,10-12H2,1-3H3. The number of anilines is 1. The van der Waals surface area contributed by atoms with E-state index in [4.69, 9.17) is 34.8 Å². The van der Waals surface area contributed by atoms with Crippen molar-refractivity contribution in [1.29, 1.82) is 0 Å². The summed E-state index contributed by atoms with van der Waals surface area (Å²) in [5.41, 5.74) is 3.54. The summed E-state index contributed by atoms with van der Waals surface area (Å²) in [5.74, 6) is -0.428. The average molecular weight is 463 g/mol. The molecule has 0 radical (unpaired) electrons. The second-order valence-electron chi connectivity index (χ2n) is 8.86. The Morgan fingerprint density at radius 1 is 1.03 bits per heavy atom. The summed E-state index contributed by atoms with van der Waals surface area (Å²) >= 11 is 19.0. The molecule has 1 heterocycles. The van der Waals surface area contributed by atoms with Gasteiger partial charge in [0, 0.05) is 35.1 Å². The van der Waals surface area contributed by atoms with Crippen molar-refractivity contribution < 1.29 is 9.59 Å². The van der Waals surface area contributed by atoms with Crippen LogP contribution in [0.2, 0.25) is 15.1 Å². The second kappa shape index (κ2) is 7.71. The maximum absolute atomic E-state index is 13.5. The first-order chi connectivity index (χ1) is 14.1. The topological polar surface area (TPSA) is 37.4 Å². The fraction of sp³-hybridized carbons (Fsp3) is 0.333. The third-order valence-electron chi connectivity index (χ3n) is 5.91. The number of carbonyl (C=O) groups is 2. The summed E-state index contributed by atoms with van der Waals surface area (Å²) in [6.45, 7) is 6.05. The number of rotatable bonds is 2. The number of Topliss-reactive ketones (excluding diaryl/α,β-unsaturated/α-hetero) is 1. The lowest BCUT2D eigenvalue weighted by Crippen LogP contribution is -2.44. The van der Waals surface area contributed by atoms with Crippen molar-refractivity contribution in [3.63, 3.8) is 0 Å². The van der Waals surface area contributed by atoms with Gasteiger partial charge < -0.3 is 0 Å². The number of carbonyl (C=O) groups excluding carboxylic acids is 2. The van der Waals surface area contributed by atoms with Crippen LogP contribution in [0.3, 0.4) is 0 Å². The first-order valence-corrected chi connectivity index (χ1v) is 11.0. The van der Waals surface area contributed by atoms with E-state index in [0.717, 1.165) is 22.5 Å². The molecule has 1 amide bonds. The molecule has 6 heteroatoms. The zero-order valence-electron chi connectivity index (χ0n) is 17.1. The Kier molecular flexibility index (Phi) is 5.50. The maximum Gasteiger partial charge on any atom is 0.232 e. The summed E-state index contributed by atoms with van der Waals surface area (Å²) in [6, 6.07) is 10.8. The van der Waals surface area contributed by atoms with Gasteiger partial charge in [0.05, 0.1) is 15.7 Å². The molecule has 1 atom stereocenters. The maximum atomic E-state index is 13.5. The number of ketones is 1. The molecule has 1 unspecified atom stereocenters. The molecule has 2 aromatic rings. The Hall–Kier alpha value is -1.81. The van der Waals surface area contributed by atoms with E-state index in [0.29, 0.717) is 33.5 Å². The molecule has 2 aliphatic rings. The minimum Gasteiger partial charge on any atom is -0.294 e. The van der Waals surface area contributed by atoms with Crippen LogP contribution in [0.1, 0.15) is 50.2 Å². The Bertz CT molecular complexity index is 1100. The van der Waals surface area contributed by atoms with Crippen LogP contribution < -0.4 is 4.90 Å². The lowest BCUT2D eigenvalue weighted by Gasteiger charge is -2.43. The minimum absolute atomic E-state index is 0.0551. The van der Waals surface area contributed by atoms with Crippen LogP contribution in [0.15, 0.2) is 47.7 Å². The molecule has 0 spiro atoms. The van der Waals surface area contributed by atoms with Gasteiger partial charge in [0.15, 0.2) is 5.78 Å². The third-order valence-corrected chi connectivity index (χ3v) is 6.98. The smallest absolute Gasteiger partial charge is 0.232 e. The number of nitrogens with zero attached hydrogens (tertiary/aromatic N) is 1. The first kappa shape index (κ1) is 21.4. The number of benzene rings is 2. The molecule has 0 bridgehead atoms. The summed E-state index contributed by atoms with van der Waals surface area (Å²) in [7, 11) is 0. The number of allylic oxidation sites excluding steroid dienone is 2. The molecule has 1 aliphatic heterocycles. The number of halogens is 3. The highest BCUT2D eigenvalue weighted by atomic mass is 35.5. The van der Waals surface area contributed by atoms with Gasteiger partial charge in [-0.05, 0) is 48.1 Å². The van der Waals surface area contributed by atoms with E-state index in [2.05, 4.69) is 13.8 Å². The molecule has 0 aromatic heterocycles. The molecule has 0 saturated heterocycles. The molecule has 0 saturated carbocycles. The number of hydrogen-bond donors (Lipinski definition) is 0. The van der Waals surface area contributed by atoms with Gasteiger partial charge in [-0.1, -0.05) is 66.8 Å². The van der Waals surface area contributed by atoms with Gasteiger partial charge in [-0.25, -0.2) is 0 Å². The van der Waals surface area contributed by atoms with Crippen LogP contribution >= 0.6 is 34.8 Å². The first-order valence-electron chi connectivity index (χ1n) is 9.88. The molecule has 1 aliphatic carbocycles. The summed E-state index contributed by atoms with van der Waals surface area (Å²) in [6.07, 6.45) is 1.19. The van der Waals surface area contributed by atoms with Crippen molar-refractivity contribution >= 4 is 52.2 Å². The van der Waals surface area contributed by atoms with Crippen LogP contribution in [-0.4, -0.2) is 11.7 Å². The van der Waals surface area contributed by atoms with Gasteiger partial charge in [-0.15, -0.1) is 0 Å². The Labute approximate surface area is 191 Å². The van der Waals surface area contributed by atoms with Crippen molar-refractivity contribution in [1.82, 2.24) is 0 Å². The zero-order valence-corrected chi connectivity index (χ0v) is 19.3. The number of amides is 1. The molecule has 0 N–H and O–H groups in total. The van der Waals surface area contributed by atoms with Crippen molar-refractivity contribution in [2.24, 2.45) is 5.41 Å². The molecule has 2 aromatic carbocycles. The van der Waals surface area contributed by atoms with E-state index < -0.39 is 5.92 Å². The van der Waals surface area contributed by atoms with Gasteiger partial charge in [-0.3, -0.25) is 14.5 Å². The van der Waals surface area contributed by atoms with Gasteiger partial charge in [0.2, 0.25) is 5.91 Å². The van der Waals surface area contributed by atoms with E-state index in [-0.39, 0.29) is 23.5 Å². The van der Waals surface area contributed by atoms with Gasteiger partial charge in [0.1, 0.15) is 0 Å². The van der Waals surface area contributed by atoms with Crippen LogP contribution in [0.4, 0.5) is 5.69 Å². The fourth-order valence-corrected chi connectivity index (χ4v) is 5.18. The van der Waals surface area contributed by atoms with E-state index in [1.165, 1.54) is 0 Å². The molecule has 3 nitrogen and oxygen atoms in total. The molecule has 156 valence electrons. The molecular weight excluding hydrogens is 441 g/mol. The Morgan fingerprint density at radius 3 is 2.50 bits per heavy atom. The van der Waals surface area contributed by atoms with Crippen molar-refractivity contribution in [3.8, 4) is 0 Å². The SMILES string of the molecule is Cc1ccc(Cl)cc1N1C(=O)CC(c2cccc(Cl)c2Cl)C2=C1CC(C)(C)CC2=O. The summed E-state index contributed by atoms with van der Waals surface area (Å²) in [4.78, 5) is 28.5. The summed E-state index contributed by atoms with van der Waals surface area (Å²) < 4.78 is 0. The van der Waals surface area contributed by atoms with Crippen molar-refractivity contribution in [2.75, 3.05) is 4.90 Å². The Morgan fingerprint density at radius 2 is 1.77 bits per heavy atom. The normalized spacial score (nSPS) is 21.1. The lowest BCUT2D eigenvalue weighted by molar-refractivity contribution is -0.121. The minimum atomic E-state index is -0.405. The summed E-state index contributed by atoms with van der Waals surface area (Å²) in [5, 5.41) is 1.36. The number of hydrogen-bond acceptors (Lipinski definition) is 2. The largest absolute Gasteiger partial charge is 0.294 e. The van der Waals surface area contributed by atoms with Gasteiger partial charge in [0.25, 0.3) is 0 Å². The molecule has 4 rings (SSSR count). The molecule has 0 fully saturated rings. The molecule has 30 heavy (non-hydrogen) atoms. The van der Waals surface area contributed by atoms with Crippen LogP contribution in [0, 0.1) is 12.3 Å². The zero-order chi connectivity index (χ0) is 21.8. The van der Waals surface area contributed by atoms with Gasteiger partial charge >= 0.3 is 0 Å². The molecular formula is C24H22Cl3NO2. The Balaban J connectivity index is 1.96. The fourth-order valence-electron chi connectivity index (χ4n) is 4.57. The van der Waals surface area contributed by atoms with E-state index in [9.17, 15) is 9.59 Å². The van der Waals surface area contributed by atoms with Crippen LogP contribution in [0.25, 0.3) is 0 Å². The predicted octanol–water partition coefficient (Wildman–Crippen LogP) is 7.12.